The first-order valence-electron chi connectivity index (χ1n) is 7.68. The SMILES string of the molecule is CCCNCc1cccc(CN(CCOC)C(C)C)c1. The number of ether oxygens (including phenoxy) is 1. The molecule has 1 rings (SSSR count). The Morgan fingerprint density at radius 1 is 1.25 bits per heavy atom. The summed E-state index contributed by atoms with van der Waals surface area (Å²) in [5.74, 6) is 0. The second-order valence-corrected chi connectivity index (χ2v) is 5.55. The highest BCUT2D eigenvalue weighted by Crippen LogP contribution is 2.11. The lowest BCUT2D eigenvalue weighted by atomic mass is 10.1. The molecule has 0 saturated carbocycles. The molecule has 1 N–H and O–H groups in total. The van der Waals surface area contributed by atoms with E-state index in [1.807, 2.05) is 0 Å². The average molecular weight is 278 g/mol. The Morgan fingerprint density at radius 3 is 2.65 bits per heavy atom. The van der Waals surface area contributed by atoms with E-state index in [4.69, 9.17) is 4.74 Å². The first kappa shape index (κ1) is 17.2. The molecule has 0 aromatic heterocycles. The van der Waals surface area contributed by atoms with E-state index >= 15 is 0 Å². The molecule has 0 atom stereocenters. The van der Waals surface area contributed by atoms with Crippen LogP contribution in [0.15, 0.2) is 24.3 Å². The first-order valence-corrected chi connectivity index (χ1v) is 7.68. The quantitative estimate of drug-likeness (QED) is 0.666. The van der Waals surface area contributed by atoms with E-state index in [0.717, 1.165) is 32.8 Å². The van der Waals surface area contributed by atoms with Crippen LogP contribution in [0.25, 0.3) is 0 Å². The number of rotatable bonds is 10. The molecular weight excluding hydrogens is 248 g/mol. The minimum absolute atomic E-state index is 0.534. The molecular formula is C17H30N2O. The van der Waals surface area contributed by atoms with Crippen LogP contribution in [-0.4, -0.2) is 37.7 Å². The Labute approximate surface area is 124 Å². The molecule has 1 aromatic carbocycles. The van der Waals surface area contributed by atoms with Crippen molar-refractivity contribution in [2.45, 2.75) is 46.3 Å². The molecule has 1 aromatic rings. The number of hydrogen-bond donors (Lipinski definition) is 1. The van der Waals surface area contributed by atoms with Crippen molar-refractivity contribution in [2.75, 3.05) is 26.8 Å². The van der Waals surface area contributed by atoms with Gasteiger partial charge in [-0.2, -0.15) is 0 Å². The fraction of sp³-hybridized carbons (Fsp3) is 0.647. The van der Waals surface area contributed by atoms with Gasteiger partial charge in [-0.15, -0.1) is 0 Å². The zero-order chi connectivity index (χ0) is 14.8. The van der Waals surface area contributed by atoms with Gasteiger partial charge in [-0.25, -0.2) is 0 Å². The lowest BCUT2D eigenvalue weighted by molar-refractivity contribution is 0.125. The molecule has 114 valence electrons. The molecule has 0 fully saturated rings. The van der Waals surface area contributed by atoms with Crippen LogP contribution in [0.2, 0.25) is 0 Å². The summed E-state index contributed by atoms with van der Waals surface area (Å²) in [6.45, 7) is 11.5. The van der Waals surface area contributed by atoms with E-state index in [9.17, 15) is 0 Å². The summed E-state index contributed by atoms with van der Waals surface area (Å²) in [6, 6.07) is 9.41. The lowest BCUT2D eigenvalue weighted by Crippen LogP contribution is -2.33. The second-order valence-electron chi connectivity index (χ2n) is 5.55. The van der Waals surface area contributed by atoms with Gasteiger partial charge in [0.15, 0.2) is 0 Å². The fourth-order valence-electron chi connectivity index (χ4n) is 2.21. The van der Waals surface area contributed by atoms with E-state index in [0.29, 0.717) is 6.04 Å². The lowest BCUT2D eigenvalue weighted by Gasteiger charge is -2.26. The van der Waals surface area contributed by atoms with Crippen molar-refractivity contribution >= 4 is 0 Å². The highest BCUT2D eigenvalue weighted by molar-refractivity contribution is 5.23. The maximum Gasteiger partial charge on any atom is 0.0589 e. The minimum Gasteiger partial charge on any atom is -0.383 e. The van der Waals surface area contributed by atoms with Crippen molar-refractivity contribution < 1.29 is 4.74 Å². The highest BCUT2D eigenvalue weighted by Gasteiger charge is 2.10. The second kappa shape index (κ2) is 9.92. The predicted molar refractivity (Wildman–Crippen MR) is 85.9 cm³/mol. The Bertz CT molecular complexity index is 366. The van der Waals surface area contributed by atoms with E-state index in [-0.39, 0.29) is 0 Å². The van der Waals surface area contributed by atoms with Gasteiger partial charge in [-0.1, -0.05) is 31.2 Å². The largest absolute Gasteiger partial charge is 0.383 e. The molecule has 0 bridgehead atoms. The van der Waals surface area contributed by atoms with Gasteiger partial charge in [0, 0.05) is 32.8 Å². The third kappa shape index (κ3) is 6.51. The first-order chi connectivity index (χ1) is 9.67. The monoisotopic (exact) mass is 278 g/mol. The summed E-state index contributed by atoms with van der Waals surface area (Å²) in [5, 5.41) is 3.46. The Morgan fingerprint density at radius 2 is 2.00 bits per heavy atom. The maximum atomic E-state index is 5.20. The van der Waals surface area contributed by atoms with Crippen LogP contribution in [0.4, 0.5) is 0 Å². The van der Waals surface area contributed by atoms with Gasteiger partial charge < -0.3 is 10.1 Å². The molecule has 0 unspecified atom stereocenters. The molecule has 3 nitrogen and oxygen atoms in total. The Kier molecular flexibility index (Phi) is 8.51. The van der Waals surface area contributed by atoms with Crippen LogP contribution in [0.5, 0.6) is 0 Å². The number of nitrogens with zero attached hydrogens (tertiary/aromatic N) is 1. The van der Waals surface area contributed by atoms with Gasteiger partial charge in [0.25, 0.3) is 0 Å². The summed E-state index contributed by atoms with van der Waals surface area (Å²) >= 11 is 0. The zero-order valence-corrected chi connectivity index (χ0v) is 13.5. The number of benzene rings is 1. The highest BCUT2D eigenvalue weighted by atomic mass is 16.5. The van der Waals surface area contributed by atoms with Gasteiger partial charge in [0.05, 0.1) is 6.61 Å². The van der Waals surface area contributed by atoms with E-state index in [1.54, 1.807) is 7.11 Å². The molecule has 0 aliphatic carbocycles. The maximum absolute atomic E-state index is 5.20. The van der Waals surface area contributed by atoms with Crippen LogP contribution < -0.4 is 5.32 Å². The molecule has 0 amide bonds. The van der Waals surface area contributed by atoms with Gasteiger partial charge in [0.1, 0.15) is 0 Å². The van der Waals surface area contributed by atoms with Gasteiger partial charge in [-0.05, 0) is 37.9 Å². The van der Waals surface area contributed by atoms with Gasteiger partial charge in [-0.3, -0.25) is 4.90 Å². The molecule has 0 aliphatic heterocycles. The Balaban J connectivity index is 2.58. The van der Waals surface area contributed by atoms with Crippen LogP contribution in [0, 0.1) is 0 Å². The Hall–Kier alpha value is -0.900. The molecule has 0 heterocycles. The van der Waals surface area contributed by atoms with Gasteiger partial charge >= 0.3 is 0 Å². The topological polar surface area (TPSA) is 24.5 Å². The predicted octanol–water partition coefficient (Wildman–Crippen LogP) is 3.04. The minimum atomic E-state index is 0.534. The fourth-order valence-corrected chi connectivity index (χ4v) is 2.21. The number of nitrogens with one attached hydrogen (secondary N) is 1. The summed E-state index contributed by atoms with van der Waals surface area (Å²) in [5.41, 5.74) is 2.75. The summed E-state index contributed by atoms with van der Waals surface area (Å²) in [6.07, 6.45) is 1.18. The third-order valence-corrected chi connectivity index (χ3v) is 3.45. The number of hydrogen-bond acceptors (Lipinski definition) is 3. The molecule has 20 heavy (non-hydrogen) atoms. The van der Waals surface area contributed by atoms with Crippen LogP contribution in [-0.2, 0) is 17.8 Å². The van der Waals surface area contributed by atoms with Crippen LogP contribution >= 0.6 is 0 Å². The van der Waals surface area contributed by atoms with Crippen molar-refractivity contribution in [1.29, 1.82) is 0 Å². The summed E-state index contributed by atoms with van der Waals surface area (Å²) in [7, 11) is 1.76. The molecule has 0 saturated heterocycles. The molecule has 0 spiro atoms. The van der Waals surface area contributed by atoms with E-state index < -0.39 is 0 Å². The van der Waals surface area contributed by atoms with Crippen molar-refractivity contribution in [1.82, 2.24) is 10.2 Å². The van der Waals surface area contributed by atoms with Crippen molar-refractivity contribution in [3.8, 4) is 0 Å². The molecule has 0 radical (unpaired) electrons. The van der Waals surface area contributed by atoms with Crippen LogP contribution in [0.3, 0.4) is 0 Å². The number of methoxy groups -OCH3 is 1. The standard InChI is InChI=1S/C17H30N2O/c1-5-9-18-13-16-7-6-8-17(12-16)14-19(15(2)3)10-11-20-4/h6-8,12,15,18H,5,9-11,13-14H2,1-4H3. The third-order valence-electron chi connectivity index (χ3n) is 3.45. The van der Waals surface area contributed by atoms with E-state index in [1.165, 1.54) is 17.5 Å². The average Bonchev–Trinajstić information content (AvgIpc) is 2.44. The van der Waals surface area contributed by atoms with E-state index in [2.05, 4.69) is 55.3 Å². The zero-order valence-electron chi connectivity index (χ0n) is 13.5. The molecule has 0 aliphatic rings. The summed E-state index contributed by atoms with van der Waals surface area (Å²) in [4.78, 5) is 2.45. The van der Waals surface area contributed by atoms with Crippen molar-refractivity contribution in [3.63, 3.8) is 0 Å². The van der Waals surface area contributed by atoms with Gasteiger partial charge in [0.2, 0.25) is 0 Å². The van der Waals surface area contributed by atoms with Crippen molar-refractivity contribution in [2.24, 2.45) is 0 Å². The van der Waals surface area contributed by atoms with Crippen molar-refractivity contribution in [3.05, 3.63) is 35.4 Å². The summed E-state index contributed by atoms with van der Waals surface area (Å²) < 4.78 is 5.20. The molecule has 3 heteroatoms. The smallest absolute Gasteiger partial charge is 0.0589 e. The van der Waals surface area contributed by atoms with Crippen LogP contribution in [0.1, 0.15) is 38.3 Å². The normalized spacial score (nSPS) is 11.5.